The molecule has 0 N–H and O–H groups in total. The zero-order valence-electron chi connectivity index (χ0n) is 9.45. The van der Waals surface area contributed by atoms with Crippen LogP contribution in [0.2, 0.25) is 0 Å². The van der Waals surface area contributed by atoms with E-state index in [4.69, 9.17) is 9.47 Å². The van der Waals surface area contributed by atoms with E-state index in [1.165, 1.54) is 19.3 Å². The molecule has 0 heterocycles. The van der Waals surface area contributed by atoms with Crippen LogP contribution >= 0.6 is 0 Å². The molecule has 0 aliphatic carbocycles. The second-order valence-electron chi connectivity index (χ2n) is 3.26. The van der Waals surface area contributed by atoms with E-state index in [0.29, 0.717) is 0 Å². The highest BCUT2D eigenvalue weighted by Gasteiger charge is 2.31. The fourth-order valence-corrected chi connectivity index (χ4v) is 1.19. The molecule has 0 spiro atoms. The first-order valence-corrected chi connectivity index (χ1v) is 4.89. The van der Waals surface area contributed by atoms with E-state index in [9.17, 15) is 18.0 Å². The number of nitrogens with zero attached hydrogens (tertiary/aromatic N) is 1. The first-order chi connectivity index (χ1) is 8.47. The maximum Gasteiger partial charge on any atom is 0.416 e. The summed E-state index contributed by atoms with van der Waals surface area (Å²) in [5.74, 6) is -0.0316. The minimum Gasteiger partial charge on any atom is -0.491 e. The molecule has 1 aromatic rings. The summed E-state index contributed by atoms with van der Waals surface area (Å²) < 4.78 is 47.4. The Hall–Kier alpha value is -1.85. The molecule has 1 aromatic carbocycles. The number of methoxy groups -OCH3 is 1. The Balaban J connectivity index is 3.02. The number of carbonyl (C=O) groups excluding carboxylic acids is 1. The van der Waals surface area contributed by atoms with E-state index in [2.05, 4.69) is 4.99 Å². The standard InChI is InChI=1S/C11H10F3NO3/c1-17-2-3-18-10-5-8(11(12,13)14)4-9(6-10)15-7-16/h4-6H,2-3H2,1H3. The average molecular weight is 261 g/mol. The summed E-state index contributed by atoms with van der Waals surface area (Å²) in [6, 6.07) is 2.80. The van der Waals surface area contributed by atoms with Crippen molar-refractivity contribution in [2.24, 2.45) is 4.99 Å². The van der Waals surface area contributed by atoms with Crippen molar-refractivity contribution in [2.75, 3.05) is 20.3 Å². The van der Waals surface area contributed by atoms with Crippen molar-refractivity contribution in [1.82, 2.24) is 0 Å². The Bertz CT molecular complexity index is 453. The van der Waals surface area contributed by atoms with Gasteiger partial charge in [0.25, 0.3) is 0 Å². The lowest BCUT2D eigenvalue weighted by molar-refractivity contribution is -0.137. The topological polar surface area (TPSA) is 47.9 Å². The van der Waals surface area contributed by atoms with Crippen molar-refractivity contribution in [3.05, 3.63) is 23.8 Å². The summed E-state index contributed by atoms with van der Waals surface area (Å²) >= 11 is 0. The van der Waals surface area contributed by atoms with E-state index in [-0.39, 0.29) is 24.7 Å². The number of isocyanates is 1. The smallest absolute Gasteiger partial charge is 0.416 e. The quantitative estimate of drug-likeness (QED) is 0.465. The highest BCUT2D eigenvalue weighted by atomic mass is 19.4. The van der Waals surface area contributed by atoms with Crippen LogP contribution in [-0.4, -0.2) is 26.4 Å². The molecule has 4 nitrogen and oxygen atoms in total. The third-order valence-corrected chi connectivity index (χ3v) is 1.95. The number of benzene rings is 1. The normalized spacial score (nSPS) is 10.9. The number of hydrogen-bond donors (Lipinski definition) is 0. The molecule has 0 fully saturated rings. The predicted molar refractivity (Wildman–Crippen MR) is 56.6 cm³/mol. The minimum atomic E-state index is -4.53. The highest BCUT2D eigenvalue weighted by Crippen LogP contribution is 2.34. The van der Waals surface area contributed by atoms with E-state index in [1.807, 2.05) is 0 Å². The summed E-state index contributed by atoms with van der Waals surface area (Å²) in [6.07, 6.45) is -3.35. The number of halogens is 3. The molecule has 1 rings (SSSR count). The summed E-state index contributed by atoms with van der Waals surface area (Å²) in [7, 11) is 1.44. The maximum atomic E-state index is 12.6. The van der Waals surface area contributed by atoms with Crippen LogP contribution in [0.5, 0.6) is 5.75 Å². The van der Waals surface area contributed by atoms with Crippen molar-refractivity contribution >= 4 is 11.8 Å². The SMILES string of the molecule is COCCOc1cc(N=C=O)cc(C(F)(F)F)c1. The van der Waals surface area contributed by atoms with Gasteiger partial charge < -0.3 is 9.47 Å². The van der Waals surface area contributed by atoms with E-state index >= 15 is 0 Å². The van der Waals surface area contributed by atoms with Crippen molar-refractivity contribution < 1.29 is 27.4 Å². The fraction of sp³-hybridized carbons (Fsp3) is 0.364. The summed E-state index contributed by atoms with van der Waals surface area (Å²) in [4.78, 5) is 13.2. The Morgan fingerprint density at radius 3 is 2.56 bits per heavy atom. The van der Waals surface area contributed by atoms with Crippen molar-refractivity contribution in [1.29, 1.82) is 0 Å². The van der Waals surface area contributed by atoms with Crippen molar-refractivity contribution in [2.45, 2.75) is 6.18 Å². The lowest BCUT2D eigenvalue weighted by atomic mass is 10.2. The van der Waals surface area contributed by atoms with Crippen LogP contribution < -0.4 is 4.74 Å². The molecule has 0 radical (unpaired) electrons. The van der Waals surface area contributed by atoms with Crippen LogP contribution in [0, 0.1) is 0 Å². The van der Waals surface area contributed by atoms with Crippen LogP contribution in [0.25, 0.3) is 0 Å². The van der Waals surface area contributed by atoms with Gasteiger partial charge in [0.05, 0.1) is 17.9 Å². The van der Waals surface area contributed by atoms with Gasteiger partial charge >= 0.3 is 6.18 Å². The van der Waals surface area contributed by atoms with Crippen LogP contribution in [0.3, 0.4) is 0 Å². The molecule has 0 aromatic heterocycles. The molecule has 0 unspecified atom stereocenters. The number of ether oxygens (including phenoxy) is 2. The van der Waals surface area contributed by atoms with Crippen LogP contribution in [0.15, 0.2) is 23.2 Å². The Labute approximate surface area is 101 Å². The van der Waals surface area contributed by atoms with Crippen LogP contribution in [0.1, 0.15) is 5.56 Å². The third-order valence-electron chi connectivity index (χ3n) is 1.95. The molecule has 0 bridgehead atoms. The van der Waals surface area contributed by atoms with Crippen molar-refractivity contribution in [3.63, 3.8) is 0 Å². The molecule has 0 aliphatic heterocycles. The van der Waals surface area contributed by atoms with E-state index in [1.54, 1.807) is 0 Å². The van der Waals surface area contributed by atoms with Gasteiger partial charge in [0, 0.05) is 13.2 Å². The number of rotatable bonds is 5. The zero-order valence-corrected chi connectivity index (χ0v) is 9.45. The minimum absolute atomic E-state index is 0.0316. The van der Waals surface area contributed by atoms with Crippen LogP contribution in [-0.2, 0) is 15.7 Å². The number of alkyl halides is 3. The molecule has 7 heteroatoms. The summed E-state index contributed by atoms with van der Waals surface area (Å²) in [5.41, 5.74) is -1.10. The Morgan fingerprint density at radius 1 is 1.28 bits per heavy atom. The molecular formula is C11H10F3NO3. The van der Waals surface area contributed by atoms with Gasteiger partial charge in [0.2, 0.25) is 6.08 Å². The first kappa shape index (κ1) is 14.2. The highest BCUT2D eigenvalue weighted by molar-refractivity contribution is 5.53. The molecule has 18 heavy (non-hydrogen) atoms. The lowest BCUT2D eigenvalue weighted by Crippen LogP contribution is -2.07. The van der Waals surface area contributed by atoms with Crippen molar-refractivity contribution in [3.8, 4) is 5.75 Å². The average Bonchev–Trinajstić information content (AvgIpc) is 2.28. The van der Waals surface area contributed by atoms with E-state index < -0.39 is 11.7 Å². The molecule has 0 saturated carbocycles. The van der Waals surface area contributed by atoms with Gasteiger partial charge in [-0.2, -0.15) is 18.2 Å². The Morgan fingerprint density at radius 2 is 2.00 bits per heavy atom. The summed E-state index contributed by atoms with van der Waals surface area (Å²) in [6.45, 7) is 0.338. The summed E-state index contributed by atoms with van der Waals surface area (Å²) in [5, 5.41) is 0. The maximum absolute atomic E-state index is 12.6. The first-order valence-electron chi connectivity index (χ1n) is 4.89. The molecule has 0 saturated heterocycles. The van der Waals surface area contributed by atoms with Gasteiger partial charge in [-0.3, -0.25) is 0 Å². The Kier molecular flexibility index (Phi) is 4.88. The molecule has 0 aliphatic rings. The predicted octanol–water partition coefficient (Wildman–Crippen LogP) is 2.70. The third kappa shape index (κ3) is 4.20. The second kappa shape index (κ2) is 6.18. The largest absolute Gasteiger partial charge is 0.491 e. The van der Waals surface area contributed by atoms with Gasteiger partial charge in [0.15, 0.2) is 0 Å². The zero-order chi connectivity index (χ0) is 13.6. The van der Waals surface area contributed by atoms with Gasteiger partial charge in [-0.25, -0.2) is 4.79 Å². The van der Waals surface area contributed by atoms with Gasteiger partial charge in [-0.1, -0.05) is 0 Å². The lowest BCUT2D eigenvalue weighted by Gasteiger charge is -2.11. The van der Waals surface area contributed by atoms with Gasteiger partial charge in [-0.15, -0.1) is 0 Å². The van der Waals surface area contributed by atoms with Gasteiger partial charge in [0.1, 0.15) is 12.4 Å². The fourth-order valence-electron chi connectivity index (χ4n) is 1.19. The van der Waals surface area contributed by atoms with E-state index in [0.717, 1.165) is 12.1 Å². The molecule has 0 atom stereocenters. The number of aliphatic imine (C=N–C) groups is 1. The molecule has 0 amide bonds. The second-order valence-corrected chi connectivity index (χ2v) is 3.26. The molecule has 98 valence electrons. The monoisotopic (exact) mass is 261 g/mol. The molecular weight excluding hydrogens is 251 g/mol. The number of hydrogen-bond acceptors (Lipinski definition) is 4. The van der Waals surface area contributed by atoms with Crippen LogP contribution in [0.4, 0.5) is 18.9 Å². The van der Waals surface area contributed by atoms with Gasteiger partial charge in [-0.05, 0) is 12.1 Å².